The lowest BCUT2D eigenvalue weighted by molar-refractivity contribution is -0.521. The van der Waals surface area contributed by atoms with Crippen molar-refractivity contribution in [2.45, 2.75) is 49.6 Å². The van der Waals surface area contributed by atoms with E-state index in [2.05, 4.69) is 0 Å². The van der Waals surface area contributed by atoms with E-state index in [0.717, 1.165) is 0 Å². The van der Waals surface area contributed by atoms with Gasteiger partial charge in [0.05, 0.1) is 0 Å². The molecule has 0 aromatic rings. The third kappa shape index (κ3) is 4.48. The second-order valence-corrected chi connectivity index (χ2v) is 4.31. The van der Waals surface area contributed by atoms with Gasteiger partial charge in [0, 0.05) is 6.42 Å². The monoisotopic (exact) mass is 406 g/mol. The topological polar surface area (TPSA) is 18.5 Å². The van der Waals surface area contributed by atoms with Crippen molar-refractivity contribution in [2.24, 2.45) is 0 Å². The maximum atomic E-state index is 13.0. The van der Waals surface area contributed by atoms with Crippen LogP contribution in [-0.4, -0.2) is 36.3 Å². The molecular weight excluding hydrogens is 399 g/mol. The number of hydrogen-bond acceptors (Lipinski definition) is 2. The predicted octanol–water partition coefficient (Wildman–Crippen LogP) is 5.55. The Morgan fingerprint density at radius 2 is 1.08 bits per heavy atom. The molecule has 0 rings (SSSR count). The van der Waals surface area contributed by atoms with E-state index in [-0.39, 0.29) is 6.92 Å². The molecule has 150 valence electrons. The molecule has 0 atom stereocenters. The Morgan fingerprint density at radius 3 is 1.40 bits per heavy atom. The molecule has 0 fully saturated rings. The SMILES string of the molecule is C=C(F)C(F)(F)OC(F)(F)C(F)(F)C(F)(F)OC(F)(F)C(F)(F)CC. The van der Waals surface area contributed by atoms with Gasteiger partial charge in [0.1, 0.15) is 0 Å². The van der Waals surface area contributed by atoms with Gasteiger partial charge in [-0.1, -0.05) is 13.5 Å². The fourth-order valence-corrected chi connectivity index (χ4v) is 0.955. The molecule has 0 heterocycles. The first-order valence-corrected chi connectivity index (χ1v) is 5.69. The molecular formula is C10H7F13O2. The summed E-state index contributed by atoms with van der Waals surface area (Å²) in [7, 11) is 0. The van der Waals surface area contributed by atoms with Gasteiger partial charge in [0.25, 0.3) is 0 Å². The number of halogens is 13. The Balaban J connectivity index is 5.77. The molecule has 0 bridgehead atoms. The highest BCUT2D eigenvalue weighted by Gasteiger charge is 2.79. The van der Waals surface area contributed by atoms with Crippen LogP contribution >= 0.6 is 0 Å². The van der Waals surface area contributed by atoms with Crippen LogP contribution in [0.2, 0.25) is 0 Å². The molecule has 0 aliphatic heterocycles. The molecule has 0 aromatic carbocycles. The van der Waals surface area contributed by atoms with E-state index in [4.69, 9.17) is 0 Å². The second-order valence-electron chi connectivity index (χ2n) is 4.31. The maximum Gasteiger partial charge on any atom is 0.433 e. The molecule has 0 radical (unpaired) electrons. The molecule has 0 aliphatic carbocycles. The average molecular weight is 406 g/mol. The average Bonchev–Trinajstić information content (AvgIpc) is 2.35. The minimum atomic E-state index is -7.36. The summed E-state index contributed by atoms with van der Waals surface area (Å²) in [6.07, 6.45) is -28.5. The Morgan fingerprint density at radius 1 is 0.720 bits per heavy atom. The highest BCUT2D eigenvalue weighted by Crippen LogP contribution is 2.53. The van der Waals surface area contributed by atoms with Crippen molar-refractivity contribution in [3.8, 4) is 0 Å². The summed E-state index contributed by atoms with van der Waals surface area (Å²) >= 11 is 0. The van der Waals surface area contributed by atoms with E-state index < -0.39 is 48.5 Å². The van der Waals surface area contributed by atoms with Gasteiger partial charge in [-0.05, 0) is 0 Å². The second kappa shape index (κ2) is 6.48. The predicted molar refractivity (Wildman–Crippen MR) is 52.4 cm³/mol. The van der Waals surface area contributed by atoms with Crippen LogP contribution in [0.25, 0.3) is 0 Å². The first-order valence-electron chi connectivity index (χ1n) is 5.69. The lowest BCUT2D eigenvalue weighted by Gasteiger charge is -2.35. The summed E-state index contributed by atoms with van der Waals surface area (Å²) < 4.78 is 169. The molecule has 15 heteroatoms. The van der Waals surface area contributed by atoms with Gasteiger partial charge in [-0.3, -0.25) is 0 Å². The van der Waals surface area contributed by atoms with Crippen molar-refractivity contribution < 1.29 is 66.5 Å². The summed E-state index contributed by atoms with van der Waals surface area (Å²) in [4.78, 5) is 0. The Hall–Kier alpha value is -1.25. The molecule has 0 aliphatic rings. The Bertz CT molecular complexity index is 499. The first-order chi connectivity index (χ1) is 10.7. The van der Waals surface area contributed by atoms with E-state index in [9.17, 15) is 57.1 Å². The van der Waals surface area contributed by atoms with Gasteiger partial charge in [-0.2, -0.15) is 52.7 Å². The number of alkyl halides is 12. The molecule has 0 N–H and O–H groups in total. The van der Waals surface area contributed by atoms with Crippen molar-refractivity contribution in [3.05, 3.63) is 12.4 Å². The zero-order valence-electron chi connectivity index (χ0n) is 11.6. The fraction of sp³-hybridized carbons (Fsp3) is 0.800. The lowest BCUT2D eigenvalue weighted by Crippen LogP contribution is -2.61. The number of hydrogen-bond donors (Lipinski definition) is 0. The number of rotatable bonds is 9. The molecule has 0 unspecified atom stereocenters. The van der Waals surface area contributed by atoms with Crippen LogP contribution in [0.1, 0.15) is 13.3 Å². The van der Waals surface area contributed by atoms with Crippen LogP contribution in [0, 0.1) is 0 Å². The summed E-state index contributed by atoms with van der Waals surface area (Å²) in [5.74, 6) is -16.0. The summed E-state index contributed by atoms with van der Waals surface area (Å²) in [6, 6.07) is 0. The van der Waals surface area contributed by atoms with Crippen LogP contribution in [-0.2, 0) is 9.47 Å². The van der Waals surface area contributed by atoms with Gasteiger partial charge < -0.3 is 0 Å². The smallest absolute Gasteiger partial charge is 0.245 e. The summed E-state index contributed by atoms with van der Waals surface area (Å²) in [5.41, 5.74) is 0. The molecule has 0 amide bonds. The third-order valence-corrected chi connectivity index (χ3v) is 2.43. The Kier molecular flexibility index (Phi) is 6.16. The van der Waals surface area contributed by atoms with Crippen molar-refractivity contribution in [1.82, 2.24) is 0 Å². The van der Waals surface area contributed by atoms with Gasteiger partial charge in [0.15, 0.2) is 5.83 Å². The standard InChI is InChI=1S/C10H7F13O2/c1-3-5(12,13)8(18,19)25-10(22,23)7(16,17)9(20,21)24-6(14,15)4(2)11/h2-3H2,1H3. The van der Waals surface area contributed by atoms with E-state index in [1.54, 1.807) is 6.58 Å². The van der Waals surface area contributed by atoms with Crippen molar-refractivity contribution >= 4 is 0 Å². The fourth-order valence-electron chi connectivity index (χ4n) is 0.955. The molecule has 25 heavy (non-hydrogen) atoms. The lowest BCUT2D eigenvalue weighted by atomic mass is 10.2. The highest BCUT2D eigenvalue weighted by atomic mass is 19.4. The zero-order valence-corrected chi connectivity index (χ0v) is 11.6. The van der Waals surface area contributed by atoms with Crippen molar-refractivity contribution in [2.75, 3.05) is 0 Å². The van der Waals surface area contributed by atoms with Gasteiger partial charge in [0.2, 0.25) is 0 Å². The van der Waals surface area contributed by atoms with Crippen LogP contribution in [0.5, 0.6) is 0 Å². The van der Waals surface area contributed by atoms with E-state index in [1.807, 2.05) is 9.47 Å². The molecule has 0 saturated carbocycles. The van der Waals surface area contributed by atoms with E-state index >= 15 is 0 Å². The van der Waals surface area contributed by atoms with E-state index in [1.165, 1.54) is 0 Å². The summed E-state index contributed by atoms with van der Waals surface area (Å²) in [5, 5.41) is 0. The normalized spacial score (nSPS) is 15.4. The number of ether oxygens (including phenoxy) is 2. The largest absolute Gasteiger partial charge is 0.433 e. The van der Waals surface area contributed by atoms with Gasteiger partial charge in [-0.15, -0.1) is 0 Å². The Labute approximate surface area is 130 Å². The minimum absolute atomic E-state index is 0.276. The van der Waals surface area contributed by atoms with Crippen LogP contribution in [0.15, 0.2) is 12.4 Å². The highest BCUT2D eigenvalue weighted by molar-refractivity contribution is 4.95. The van der Waals surface area contributed by atoms with Crippen LogP contribution in [0.4, 0.5) is 57.1 Å². The summed E-state index contributed by atoms with van der Waals surface area (Å²) in [6.45, 7) is 1.98. The third-order valence-electron chi connectivity index (χ3n) is 2.43. The van der Waals surface area contributed by atoms with Gasteiger partial charge >= 0.3 is 36.3 Å². The maximum absolute atomic E-state index is 13.0. The molecule has 0 spiro atoms. The molecule has 0 saturated heterocycles. The van der Waals surface area contributed by atoms with E-state index in [0.29, 0.717) is 0 Å². The van der Waals surface area contributed by atoms with Crippen molar-refractivity contribution in [1.29, 1.82) is 0 Å². The van der Waals surface area contributed by atoms with Crippen LogP contribution in [0.3, 0.4) is 0 Å². The van der Waals surface area contributed by atoms with Crippen molar-refractivity contribution in [3.63, 3.8) is 0 Å². The molecule has 0 aromatic heterocycles. The molecule has 2 nitrogen and oxygen atoms in total. The zero-order chi connectivity index (χ0) is 20.7. The first kappa shape index (κ1) is 23.8. The van der Waals surface area contributed by atoms with Crippen LogP contribution < -0.4 is 0 Å². The quantitative estimate of drug-likeness (QED) is 0.468. The minimum Gasteiger partial charge on any atom is -0.245 e. The van der Waals surface area contributed by atoms with Gasteiger partial charge in [-0.25, -0.2) is 13.9 Å².